The fourth-order valence-electron chi connectivity index (χ4n) is 4.81. The molecule has 3 N–H and O–H groups in total. The number of nitro benzene ring substituents is 1. The zero-order valence-electron chi connectivity index (χ0n) is 23.2. The molecule has 0 unspecified atom stereocenters. The summed E-state index contributed by atoms with van der Waals surface area (Å²) in [7, 11) is 0. The van der Waals surface area contributed by atoms with E-state index in [1.807, 2.05) is 6.92 Å². The van der Waals surface area contributed by atoms with Crippen molar-refractivity contribution in [2.24, 2.45) is 0 Å². The fourth-order valence-corrected chi connectivity index (χ4v) is 5.87. The van der Waals surface area contributed by atoms with Gasteiger partial charge in [0.2, 0.25) is 0 Å². The predicted molar refractivity (Wildman–Crippen MR) is 159 cm³/mol. The van der Waals surface area contributed by atoms with Gasteiger partial charge in [0, 0.05) is 53.1 Å². The molecule has 41 heavy (non-hydrogen) atoms. The van der Waals surface area contributed by atoms with Crippen LogP contribution in [0, 0.1) is 10.1 Å². The van der Waals surface area contributed by atoms with Crippen molar-refractivity contribution >= 4 is 62.0 Å². The molecule has 0 saturated carbocycles. The second kappa shape index (κ2) is 10.8. The Morgan fingerprint density at radius 1 is 1.20 bits per heavy atom. The zero-order chi connectivity index (χ0) is 29.5. The van der Waals surface area contributed by atoms with Gasteiger partial charge >= 0.3 is 6.09 Å². The van der Waals surface area contributed by atoms with Crippen molar-refractivity contribution in [1.29, 1.82) is 0 Å². The third kappa shape index (κ3) is 6.02. The number of nitrogens with zero attached hydrogens (tertiary/aromatic N) is 2. The van der Waals surface area contributed by atoms with E-state index in [0.717, 1.165) is 15.7 Å². The summed E-state index contributed by atoms with van der Waals surface area (Å²) in [5, 5.41) is 21.8. The number of thiophene rings is 1. The predicted octanol–water partition coefficient (Wildman–Crippen LogP) is 5.63. The maximum Gasteiger partial charge on any atom is 0.410 e. The van der Waals surface area contributed by atoms with Gasteiger partial charge in [0.15, 0.2) is 0 Å². The number of hydrogen-bond donors (Lipinski definition) is 3. The number of anilines is 2. The molecule has 214 valence electrons. The molecule has 3 heterocycles. The molecule has 0 saturated heterocycles. The van der Waals surface area contributed by atoms with Gasteiger partial charge < -0.3 is 25.6 Å². The van der Waals surface area contributed by atoms with Gasteiger partial charge in [0.05, 0.1) is 16.2 Å². The molecule has 11 nitrogen and oxygen atoms in total. The Bertz CT molecular complexity index is 1600. The summed E-state index contributed by atoms with van der Waals surface area (Å²) in [6.07, 6.45) is 1.80. The van der Waals surface area contributed by atoms with Gasteiger partial charge in [-0.25, -0.2) is 4.79 Å². The van der Waals surface area contributed by atoms with Crippen LogP contribution in [0.1, 0.15) is 59.7 Å². The van der Waals surface area contributed by atoms with Crippen molar-refractivity contribution in [2.75, 3.05) is 30.3 Å². The Hall–Kier alpha value is -4.45. The van der Waals surface area contributed by atoms with E-state index in [1.54, 1.807) is 62.1 Å². The largest absolute Gasteiger partial charge is 0.444 e. The first kappa shape index (κ1) is 28.1. The van der Waals surface area contributed by atoms with Crippen LogP contribution in [0.3, 0.4) is 0 Å². The highest BCUT2D eigenvalue weighted by Crippen LogP contribution is 2.38. The van der Waals surface area contributed by atoms with Crippen LogP contribution in [0.2, 0.25) is 0 Å². The highest BCUT2D eigenvalue weighted by atomic mass is 32.1. The van der Waals surface area contributed by atoms with Crippen molar-refractivity contribution in [2.45, 2.75) is 45.8 Å². The minimum Gasteiger partial charge on any atom is -0.444 e. The van der Waals surface area contributed by atoms with Crippen molar-refractivity contribution in [3.63, 3.8) is 0 Å². The van der Waals surface area contributed by atoms with Crippen LogP contribution in [0.4, 0.5) is 21.9 Å². The number of fused-ring (bicyclic) bond motifs is 3. The summed E-state index contributed by atoms with van der Waals surface area (Å²) in [6, 6.07) is 9.75. The Kier molecular flexibility index (Phi) is 7.43. The minimum absolute atomic E-state index is 0.0318. The number of hydrogen-bond acceptors (Lipinski definition) is 8. The van der Waals surface area contributed by atoms with Crippen molar-refractivity contribution < 1.29 is 24.0 Å². The monoisotopic (exact) mass is 577 g/mol. The fraction of sp³-hybridized carbons (Fsp3) is 0.345. The Balaban J connectivity index is 1.35. The van der Waals surface area contributed by atoms with Crippen molar-refractivity contribution in [3.05, 3.63) is 68.6 Å². The molecule has 2 aromatic carbocycles. The molecule has 2 aliphatic heterocycles. The molecule has 1 atom stereocenters. The number of amides is 3. The highest BCUT2D eigenvalue weighted by molar-refractivity contribution is 7.21. The topological polar surface area (TPSA) is 143 Å². The number of ether oxygens (including phenoxy) is 1. The van der Waals surface area contributed by atoms with Gasteiger partial charge in [-0.05, 0) is 70.0 Å². The van der Waals surface area contributed by atoms with Crippen LogP contribution in [-0.2, 0) is 4.74 Å². The second-order valence-electron chi connectivity index (χ2n) is 11.1. The van der Waals surface area contributed by atoms with Crippen LogP contribution in [0.25, 0.3) is 15.7 Å². The average molecular weight is 578 g/mol. The van der Waals surface area contributed by atoms with Gasteiger partial charge in [-0.1, -0.05) is 6.08 Å². The lowest BCUT2D eigenvalue weighted by atomic mass is 9.97. The van der Waals surface area contributed by atoms with E-state index in [-0.39, 0.29) is 29.9 Å². The standard InChI is InChI=1S/C29H31N5O6S/c1-16-15-30-24-21-13-18(5-8-23(21)41-25(24)27(36)31-16)26(35)32-19-6-7-20(22(14-19)34(38)39)17-9-11-33(12-10-17)28(37)40-29(2,3)4/h5-9,13-14,16,30H,10-12,15H2,1-4H3,(H,31,36)(H,32,35)/t16-/m1/s1. The Morgan fingerprint density at radius 3 is 2.66 bits per heavy atom. The van der Waals surface area contributed by atoms with Gasteiger partial charge in [-0.2, -0.15) is 0 Å². The number of benzene rings is 2. The van der Waals surface area contributed by atoms with Gasteiger partial charge in [-0.3, -0.25) is 19.7 Å². The third-order valence-electron chi connectivity index (χ3n) is 6.78. The lowest BCUT2D eigenvalue weighted by Gasteiger charge is -2.29. The number of carbonyl (C=O) groups is 3. The average Bonchev–Trinajstić information content (AvgIpc) is 3.22. The molecule has 0 aliphatic carbocycles. The van der Waals surface area contributed by atoms with Crippen LogP contribution in [-0.4, -0.2) is 59.0 Å². The van der Waals surface area contributed by atoms with E-state index in [9.17, 15) is 24.5 Å². The first-order valence-electron chi connectivity index (χ1n) is 13.3. The summed E-state index contributed by atoms with van der Waals surface area (Å²) in [5.41, 5.74) is 1.80. The number of rotatable bonds is 4. The molecule has 3 aromatic rings. The number of nitro groups is 1. The lowest BCUT2D eigenvalue weighted by Crippen LogP contribution is -2.39. The molecule has 5 rings (SSSR count). The molecule has 0 fully saturated rings. The molecule has 0 spiro atoms. The van der Waals surface area contributed by atoms with Crippen LogP contribution >= 0.6 is 11.3 Å². The first-order valence-corrected chi connectivity index (χ1v) is 14.1. The van der Waals surface area contributed by atoms with Crippen LogP contribution in [0.5, 0.6) is 0 Å². The van der Waals surface area contributed by atoms with E-state index < -0.39 is 22.5 Å². The molecule has 0 radical (unpaired) electrons. The van der Waals surface area contributed by atoms with Gasteiger partial charge in [-0.15, -0.1) is 11.3 Å². The maximum absolute atomic E-state index is 13.2. The van der Waals surface area contributed by atoms with E-state index in [1.165, 1.54) is 17.4 Å². The second-order valence-corrected chi connectivity index (χ2v) is 12.2. The molecule has 0 bridgehead atoms. The van der Waals surface area contributed by atoms with Crippen molar-refractivity contribution in [3.8, 4) is 0 Å². The minimum atomic E-state index is -0.611. The van der Waals surface area contributed by atoms with Gasteiger partial charge in [0.25, 0.3) is 17.5 Å². The third-order valence-corrected chi connectivity index (χ3v) is 7.95. The van der Waals surface area contributed by atoms with Gasteiger partial charge in [0.1, 0.15) is 10.5 Å². The zero-order valence-corrected chi connectivity index (χ0v) is 24.0. The quantitative estimate of drug-likeness (QED) is 0.269. The van der Waals surface area contributed by atoms with Crippen molar-refractivity contribution in [1.82, 2.24) is 10.2 Å². The van der Waals surface area contributed by atoms with E-state index >= 15 is 0 Å². The first-order chi connectivity index (χ1) is 19.4. The normalized spacial score (nSPS) is 17.1. The summed E-state index contributed by atoms with van der Waals surface area (Å²) >= 11 is 1.36. The summed E-state index contributed by atoms with van der Waals surface area (Å²) in [4.78, 5) is 51.7. The number of carbonyl (C=O) groups excluding carboxylic acids is 3. The summed E-state index contributed by atoms with van der Waals surface area (Å²) in [6.45, 7) is 8.53. The Labute approximate surface area is 240 Å². The molecular formula is C29H31N5O6S. The molecular weight excluding hydrogens is 546 g/mol. The molecule has 3 amide bonds. The van der Waals surface area contributed by atoms with E-state index in [4.69, 9.17) is 4.74 Å². The lowest BCUT2D eigenvalue weighted by molar-refractivity contribution is -0.385. The SMILES string of the molecule is C[C@@H]1CNc2c(sc3ccc(C(=O)Nc4ccc(C5=CCN(C(=O)OC(C)(C)C)CC5)c([N+](=O)[O-])c4)cc23)C(=O)N1. The van der Waals surface area contributed by atoms with E-state index in [2.05, 4.69) is 16.0 Å². The molecule has 1 aromatic heterocycles. The van der Waals surface area contributed by atoms with Crippen LogP contribution in [0.15, 0.2) is 42.5 Å². The molecule has 12 heteroatoms. The smallest absolute Gasteiger partial charge is 0.410 e. The van der Waals surface area contributed by atoms with E-state index in [0.29, 0.717) is 41.2 Å². The maximum atomic E-state index is 13.2. The summed E-state index contributed by atoms with van der Waals surface area (Å²) < 4.78 is 6.29. The summed E-state index contributed by atoms with van der Waals surface area (Å²) in [5.74, 6) is -0.576. The Morgan fingerprint density at radius 2 is 1.98 bits per heavy atom. The number of nitrogens with one attached hydrogen (secondary N) is 3. The van der Waals surface area contributed by atoms with Crippen LogP contribution < -0.4 is 16.0 Å². The highest BCUT2D eigenvalue weighted by Gasteiger charge is 2.27. The molecule has 2 aliphatic rings.